The number of likely N-dealkylation sites (tertiary alicyclic amines) is 1. The van der Waals surface area contributed by atoms with Crippen LogP contribution in [0.2, 0.25) is 0 Å². The van der Waals surface area contributed by atoms with Gasteiger partial charge in [0.15, 0.2) is 0 Å². The maximum absolute atomic E-state index is 12.5. The summed E-state index contributed by atoms with van der Waals surface area (Å²) in [6.07, 6.45) is 4.78. The van der Waals surface area contributed by atoms with Gasteiger partial charge in [0.2, 0.25) is 5.91 Å². The van der Waals surface area contributed by atoms with Crippen molar-refractivity contribution in [3.05, 3.63) is 16.8 Å². The minimum absolute atomic E-state index is 0.0879. The molecule has 1 fully saturated rings. The van der Waals surface area contributed by atoms with Gasteiger partial charge in [0, 0.05) is 46.3 Å². The largest absolute Gasteiger partial charge is 0.385 e. The fourth-order valence-electron chi connectivity index (χ4n) is 3.34. The lowest BCUT2D eigenvalue weighted by Gasteiger charge is -2.15. The summed E-state index contributed by atoms with van der Waals surface area (Å²) < 4.78 is 5.01. The quantitative estimate of drug-likeness (QED) is 0.588. The molecular weight excluding hydrogens is 378 g/mol. The van der Waals surface area contributed by atoms with Crippen molar-refractivity contribution in [3.8, 4) is 0 Å². The number of amides is 2. The molecule has 2 amide bonds. The van der Waals surface area contributed by atoms with Crippen molar-refractivity contribution < 1.29 is 14.3 Å². The molecule has 1 aliphatic heterocycles. The van der Waals surface area contributed by atoms with Crippen LogP contribution < -0.4 is 10.6 Å². The number of aryl methyl sites for hydroxylation is 1. The zero-order valence-electron chi connectivity index (χ0n) is 16.4. The number of nitrogens with zero attached hydrogens (tertiary/aromatic N) is 3. The molecule has 0 unspecified atom stereocenters. The van der Waals surface area contributed by atoms with Crippen molar-refractivity contribution in [1.82, 2.24) is 20.2 Å². The third kappa shape index (κ3) is 4.77. The molecule has 2 aromatic rings. The van der Waals surface area contributed by atoms with Crippen LogP contribution in [0.4, 0.5) is 5.82 Å². The van der Waals surface area contributed by atoms with Gasteiger partial charge in [0.05, 0.1) is 10.3 Å². The topological polar surface area (TPSA) is 96.4 Å². The van der Waals surface area contributed by atoms with Gasteiger partial charge in [0.25, 0.3) is 5.91 Å². The van der Waals surface area contributed by atoms with E-state index in [1.54, 1.807) is 7.11 Å². The molecule has 8 nitrogen and oxygen atoms in total. The summed E-state index contributed by atoms with van der Waals surface area (Å²) in [5.41, 5.74) is 0.891. The SMILES string of the molecule is COCCCNC(=O)c1sc2ncnc(NCCCN3CCCC3=O)c2c1C. The van der Waals surface area contributed by atoms with Crippen LogP contribution in [0, 0.1) is 6.92 Å². The molecule has 28 heavy (non-hydrogen) atoms. The molecule has 3 rings (SSSR count). The number of rotatable bonds is 10. The van der Waals surface area contributed by atoms with Crippen LogP contribution >= 0.6 is 11.3 Å². The Kier molecular flexibility index (Phi) is 7.16. The Morgan fingerprint density at radius 3 is 2.93 bits per heavy atom. The first kappa shape index (κ1) is 20.5. The molecule has 0 aromatic carbocycles. The average Bonchev–Trinajstić information content (AvgIpc) is 3.26. The van der Waals surface area contributed by atoms with Crippen molar-refractivity contribution in [2.75, 3.05) is 45.2 Å². The summed E-state index contributed by atoms with van der Waals surface area (Å²) in [5, 5.41) is 7.17. The van der Waals surface area contributed by atoms with Crippen LogP contribution in [0.1, 0.15) is 40.9 Å². The molecule has 152 valence electrons. The maximum Gasteiger partial charge on any atom is 0.261 e. The fraction of sp³-hybridized carbons (Fsp3) is 0.579. The van der Waals surface area contributed by atoms with Gasteiger partial charge in [-0.1, -0.05) is 0 Å². The lowest BCUT2D eigenvalue weighted by molar-refractivity contribution is -0.127. The second-order valence-electron chi connectivity index (χ2n) is 6.83. The Bertz CT molecular complexity index is 838. The van der Waals surface area contributed by atoms with E-state index in [-0.39, 0.29) is 11.8 Å². The van der Waals surface area contributed by atoms with Crippen LogP contribution in [0.25, 0.3) is 10.2 Å². The third-order valence-electron chi connectivity index (χ3n) is 4.81. The van der Waals surface area contributed by atoms with E-state index in [1.165, 1.54) is 17.7 Å². The van der Waals surface area contributed by atoms with E-state index in [2.05, 4.69) is 20.6 Å². The molecule has 3 heterocycles. The molecule has 1 aliphatic rings. The molecule has 0 bridgehead atoms. The van der Waals surface area contributed by atoms with Crippen LogP contribution in [0.15, 0.2) is 6.33 Å². The number of hydrogen-bond donors (Lipinski definition) is 2. The van der Waals surface area contributed by atoms with Gasteiger partial charge in [-0.3, -0.25) is 9.59 Å². The van der Waals surface area contributed by atoms with E-state index >= 15 is 0 Å². The molecule has 1 saturated heterocycles. The van der Waals surface area contributed by atoms with E-state index in [1.807, 2.05) is 11.8 Å². The Balaban J connectivity index is 1.62. The van der Waals surface area contributed by atoms with E-state index in [0.717, 1.165) is 53.9 Å². The molecule has 0 radical (unpaired) electrons. The number of methoxy groups -OCH3 is 1. The van der Waals surface area contributed by atoms with E-state index in [4.69, 9.17) is 4.74 Å². The van der Waals surface area contributed by atoms with Crippen LogP contribution in [0.5, 0.6) is 0 Å². The second-order valence-corrected chi connectivity index (χ2v) is 7.82. The molecule has 2 aromatic heterocycles. The van der Waals surface area contributed by atoms with Gasteiger partial charge in [-0.25, -0.2) is 9.97 Å². The first-order valence-corrected chi connectivity index (χ1v) is 10.5. The Morgan fingerprint density at radius 1 is 1.32 bits per heavy atom. The summed E-state index contributed by atoms with van der Waals surface area (Å²) in [4.78, 5) is 36.3. The summed E-state index contributed by atoms with van der Waals surface area (Å²) in [6, 6.07) is 0. The molecule has 0 atom stereocenters. The highest BCUT2D eigenvalue weighted by molar-refractivity contribution is 7.20. The molecule has 0 spiro atoms. The monoisotopic (exact) mass is 405 g/mol. The van der Waals surface area contributed by atoms with Gasteiger partial charge in [-0.2, -0.15) is 0 Å². The highest BCUT2D eigenvalue weighted by atomic mass is 32.1. The standard InChI is InChI=1S/C19H27N5O3S/c1-13-15-17(20-7-4-10-24-9-3-6-14(24)25)22-12-23-19(15)28-16(13)18(26)21-8-5-11-27-2/h12H,3-11H2,1-2H3,(H,21,26)(H,20,22,23). The number of anilines is 1. The van der Waals surface area contributed by atoms with E-state index in [0.29, 0.717) is 31.0 Å². The summed E-state index contributed by atoms with van der Waals surface area (Å²) in [5.74, 6) is 0.902. The smallest absolute Gasteiger partial charge is 0.261 e. The third-order valence-corrected chi connectivity index (χ3v) is 6.01. The Hall–Kier alpha value is -2.26. The molecule has 0 aliphatic carbocycles. The Morgan fingerprint density at radius 2 is 2.18 bits per heavy atom. The van der Waals surface area contributed by atoms with Gasteiger partial charge in [-0.05, 0) is 31.7 Å². The molecule has 9 heteroatoms. The number of carbonyl (C=O) groups excluding carboxylic acids is 2. The zero-order chi connectivity index (χ0) is 19.9. The average molecular weight is 406 g/mol. The van der Waals surface area contributed by atoms with Crippen LogP contribution in [-0.4, -0.2) is 66.6 Å². The minimum atomic E-state index is -0.0879. The summed E-state index contributed by atoms with van der Waals surface area (Å²) in [6.45, 7) is 5.46. The Labute approximate surface area is 168 Å². The lowest BCUT2D eigenvalue weighted by Crippen LogP contribution is -2.27. The molecular formula is C19H27N5O3S. The zero-order valence-corrected chi connectivity index (χ0v) is 17.2. The normalized spacial score (nSPS) is 14.1. The van der Waals surface area contributed by atoms with Gasteiger partial charge in [0.1, 0.15) is 17.0 Å². The highest BCUT2D eigenvalue weighted by Crippen LogP contribution is 2.33. The maximum atomic E-state index is 12.5. The van der Waals surface area contributed by atoms with Crippen molar-refractivity contribution >= 4 is 39.2 Å². The predicted octanol–water partition coefficient (Wildman–Crippen LogP) is 2.19. The van der Waals surface area contributed by atoms with Crippen molar-refractivity contribution in [3.63, 3.8) is 0 Å². The number of nitrogens with one attached hydrogen (secondary N) is 2. The van der Waals surface area contributed by atoms with Crippen LogP contribution in [-0.2, 0) is 9.53 Å². The molecule has 2 N–H and O–H groups in total. The predicted molar refractivity (Wildman–Crippen MR) is 110 cm³/mol. The molecule has 0 saturated carbocycles. The highest BCUT2D eigenvalue weighted by Gasteiger charge is 2.20. The van der Waals surface area contributed by atoms with Gasteiger partial charge < -0.3 is 20.3 Å². The van der Waals surface area contributed by atoms with Crippen molar-refractivity contribution in [2.45, 2.75) is 32.6 Å². The minimum Gasteiger partial charge on any atom is -0.385 e. The summed E-state index contributed by atoms with van der Waals surface area (Å²) in [7, 11) is 1.65. The van der Waals surface area contributed by atoms with Gasteiger partial charge >= 0.3 is 0 Å². The number of thiophene rings is 1. The summed E-state index contributed by atoms with van der Waals surface area (Å²) >= 11 is 1.38. The number of carbonyl (C=O) groups is 2. The number of aromatic nitrogens is 2. The first-order valence-electron chi connectivity index (χ1n) is 9.64. The number of hydrogen-bond acceptors (Lipinski definition) is 7. The van der Waals surface area contributed by atoms with Crippen molar-refractivity contribution in [1.29, 1.82) is 0 Å². The fourth-order valence-corrected chi connectivity index (χ4v) is 4.40. The van der Waals surface area contributed by atoms with Crippen molar-refractivity contribution in [2.24, 2.45) is 0 Å². The van der Waals surface area contributed by atoms with Gasteiger partial charge in [-0.15, -0.1) is 11.3 Å². The number of fused-ring (bicyclic) bond motifs is 1. The number of ether oxygens (including phenoxy) is 1. The second kappa shape index (κ2) is 9.79. The van der Waals surface area contributed by atoms with E-state index < -0.39 is 0 Å². The van der Waals surface area contributed by atoms with E-state index in [9.17, 15) is 9.59 Å². The van der Waals surface area contributed by atoms with Crippen LogP contribution in [0.3, 0.4) is 0 Å². The first-order chi connectivity index (χ1) is 13.6. The lowest BCUT2D eigenvalue weighted by atomic mass is 10.2.